The summed E-state index contributed by atoms with van der Waals surface area (Å²) in [5.74, 6) is 0. The summed E-state index contributed by atoms with van der Waals surface area (Å²) < 4.78 is 0. The average molecular weight is 211 g/mol. The molecule has 84 valence electrons. The first-order valence-corrected chi connectivity index (χ1v) is 4.91. The lowest BCUT2D eigenvalue weighted by molar-refractivity contribution is -0.0899. The zero-order valence-electron chi connectivity index (χ0n) is 8.76. The molecule has 2 unspecified atom stereocenters. The summed E-state index contributed by atoms with van der Waals surface area (Å²) in [7, 11) is 1.39. The lowest BCUT2D eigenvalue weighted by Gasteiger charge is -2.17. The van der Waals surface area contributed by atoms with Crippen LogP contribution in [0.25, 0.3) is 0 Å². The molecule has 3 N–H and O–H groups in total. The second-order valence-corrected chi connectivity index (χ2v) is 3.35. The predicted molar refractivity (Wildman–Crippen MR) is 57.8 cm³/mol. The topological polar surface area (TPSA) is 61.7 Å². The van der Waals surface area contributed by atoms with Crippen molar-refractivity contribution in [2.75, 3.05) is 7.11 Å². The molecule has 0 aromatic heterocycles. The van der Waals surface area contributed by atoms with E-state index in [1.165, 1.54) is 7.11 Å². The molecule has 0 bridgehead atoms. The van der Waals surface area contributed by atoms with Gasteiger partial charge in [0, 0.05) is 6.42 Å². The van der Waals surface area contributed by atoms with Crippen LogP contribution >= 0.6 is 0 Å². The van der Waals surface area contributed by atoms with Crippen molar-refractivity contribution in [3.8, 4) is 0 Å². The van der Waals surface area contributed by atoms with E-state index in [-0.39, 0.29) is 0 Å². The largest absolute Gasteiger partial charge is 0.389 e. The van der Waals surface area contributed by atoms with Crippen molar-refractivity contribution in [2.24, 2.45) is 0 Å². The van der Waals surface area contributed by atoms with Gasteiger partial charge in [0.2, 0.25) is 0 Å². The predicted octanol–water partition coefficient (Wildman–Crippen LogP) is 0.649. The normalized spacial score (nSPS) is 19.5. The first-order valence-electron chi connectivity index (χ1n) is 4.91. The Morgan fingerprint density at radius 2 is 2.27 bits per heavy atom. The molecule has 1 aliphatic carbocycles. The van der Waals surface area contributed by atoms with Crippen molar-refractivity contribution in [3.63, 3.8) is 0 Å². The number of hydroxylamine groups is 1. The molecule has 0 amide bonds. The number of aliphatic hydroxyl groups excluding tert-OH is 2. The van der Waals surface area contributed by atoms with Gasteiger partial charge >= 0.3 is 0 Å². The van der Waals surface area contributed by atoms with E-state index in [0.29, 0.717) is 6.42 Å². The molecule has 4 heteroatoms. The van der Waals surface area contributed by atoms with Crippen LogP contribution in [0.1, 0.15) is 12.8 Å². The molecule has 0 aliphatic heterocycles. The molecular weight excluding hydrogens is 194 g/mol. The highest BCUT2D eigenvalue weighted by atomic mass is 16.7. The molecular formula is C11H17NO3. The van der Waals surface area contributed by atoms with Crippen LogP contribution in [-0.2, 0) is 4.84 Å². The number of hydrogen-bond donors (Lipinski definition) is 3. The molecule has 0 spiro atoms. The maximum Gasteiger partial charge on any atom is 0.153 e. The lowest BCUT2D eigenvalue weighted by Crippen LogP contribution is -2.39. The van der Waals surface area contributed by atoms with Crippen LogP contribution < -0.4 is 5.48 Å². The standard InChI is InChI=1S/C11H17NO3/c1-15-12-11(14)10(13)8-9-6-4-2-3-5-7-9/h2,4-7,10-14H,3,8H2,1H3. The van der Waals surface area contributed by atoms with Gasteiger partial charge in [-0.15, -0.1) is 0 Å². The number of hydrogen-bond acceptors (Lipinski definition) is 4. The number of aliphatic hydroxyl groups is 2. The molecule has 0 saturated heterocycles. The smallest absolute Gasteiger partial charge is 0.153 e. The minimum atomic E-state index is -1.07. The third kappa shape index (κ3) is 4.40. The maximum atomic E-state index is 9.60. The van der Waals surface area contributed by atoms with E-state index in [1.54, 1.807) is 0 Å². The van der Waals surface area contributed by atoms with Crippen LogP contribution in [0.3, 0.4) is 0 Å². The minimum absolute atomic E-state index is 0.387. The molecule has 15 heavy (non-hydrogen) atoms. The third-order valence-corrected chi connectivity index (χ3v) is 2.10. The van der Waals surface area contributed by atoms with Gasteiger partial charge in [0.25, 0.3) is 0 Å². The van der Waals surface area contributed by atoms with Gasteiger partial charge in [-0.1, -0.05) is 30.4 Å². The van der Waals surface area contributed by atoms with Crippen molar-refractivity contribution < 1.29 is 15.1 Å². The molecule has 1 rings (SSSR count). The fourth-order valence-corrected chi connectivity index (χ4v) is 1.31. The quantitative estimate of drug-likeness (QED) is 0.461. The summed E-state index contributed by atoms with van der Waals surface area (Å²) in [5, 5.41) is 19.0. The molecule has 0 fully saturated rings. The average Bonchev–Trinajstić information content (AvgIpc) is 2.46. The van der Waals surface area contributed by atoms with Gasteiger partial charge in [0.05, 0.1) is 13.2 Å². The van der Waals surface area contributed by atoms with E-state index in [2.05, 4.69) is 10.3 Å². The molecule has 4 nitrogen and oxygen atoms in total. The summed E-state index contributed by atoms with van der Waals surface area (Å²) in [6.07, 6.45) is 9.18. The second kappa shape index (κ2) is 6.53. The van der Waals surface area contributed by atoms with Crippen molar-refractivity contribution in [2.45, 2.75) is 25.2 Å². The monoisotopic (exact) mass is 211 g/mol. The second-order valence-electron chi connectivity index (χ2n) is 3.35. The Hall–Kier alpha value is -0.940. The van der Waals surface area contributed by atoms with Crippen LogP contribution in [0.5, 0.6) is 0 Å². The summed E-state index contributed by atoms with van der Waals surface area (Å²) in [6, 6.07) is 0. The number of nitrogens with one attached hydrogen (secondary N) is 1. The first-order chi connectivity index (χ1) is 7.24. The SMILES string of the molecule is CONC(O)C(O)CC1=CC=CCC=C1. The van der Waals surface area contributed by atoms with E-state index in [0.717, 1.165) is 12.0 Å². The van der Waals surface area contributed by atoms with Crippen LogP contribution in [0, 0.1) is 0 Å². The van der Waals surface area contributed by atoms with E-state index in [1.807, 2.05) is 30.4 Å². The van der Waals surface area contributed by atoms with Gasteiger partial charge in [-0.2, -0.15) is 5.48 Å². The van der Waals surface area contributed by atoms with E-state index < -0.39 is 12.3 Å². The summed E-state index contributed by atoms with van der Waals surface area (Å²) in [5.41, 5.74) is 3.27. The third-order valence-electron chi connectivity index (χ3n) is 2.10. The molecule has 2 atom stereocenters. The summed E-state index contributed by atoms with van der Waals surface area (Å²) in [6.45, 7) is 0. The zero-order valence-corrected chi connectivity index (χ0v) is 8.76. The Balaban J connectivity index is 2.46. The van der Waals surface area contributed by atoms with E-state index >= 15 is 0 Å². The Morgan fingerprint density at radius 1 is 1.47 bits per heavy atom. The fourth-order valence-electron chi connectivity index (χ4n) is 1.31. The van der Waals surface area contributed by atoms with Crippen LogP contribution in [0.2, 0.25) is 0 Å². The Morgan fingerprint density at radius 3 is 3.00 bits per heavy atom. The van der Waals surface area contributed by atoms with Gasteiger partial charge in [0.1, 0.15) is 0 Å². The van der Waals surface area contributed by atoms with Gasteiger partial charge in [0.15, 0.2) is 6.23 Å². The van der Waals surface area contributed by atoms with Gasteiger partial charge < -0.3 is 15.1 Å². The van der Waals surface area contributed by atoms with Crippen LogP contribution in [-0.4, -0.2) is 29.7 Å². The lowest BCUT2D eigenvalue weighted by atomic mass is 10.1. The van der Waals surface area contributed by atoms with Gasteiger partial charge in [-0.3, -0.25) is 0 Å². The van der Waals surface area contributed by atoms with Crippen LogP contribution in [0.15, 0.2) is 36.0 Å². The fraction of sp³-hybridized carbons (Fsp3) is 0.455. The van der Waals surface area contributed by atoms with Crippen LogP contribution in [0.4, 0.5) is 0 Å². The first kappa shape index (κ1) is 12.1. The van der Waals surface area contributed by atoms with Gasteiger partial charge in [-0.25, -0.2) is 0 Å². The minimum Gasteiger partial charge on any atom is -0.389 e. The maximum absolute atomic E-state index is 9.60. The molecule has 0 aromatic carbocycles. The molecule has 0 aromatic rings. The van der Waals surface area contributed by atoms with Crippen molar-refractivity contribution in [1.29, 1.82) is 0 Å². The van der Waals surface area contributed by atoms with E-state index in [9.17, 15) is 10.2 Å². The summed E-state index contributed by atoms with van der Waals surface area (Å²) >= 11 is 0. The Kier molecular flexibility index (Phi) is 5.28. The highest BCUT2D eigenvalue weighted by Crippen LogP contribution is 2.12. The van der Waals surface area contributed by atoms with Gasteiger partial charge in [-0.05, 0) is 12.0 Å². The van der Waals surface area contributed by atoms with Crippen molar-refractivity contribution >= 4 is 0 Å². The number of allylic oxidation sites excluding steroid dienone is 5. The highest BCUT2D eigenvalue weighted by molar-refractivity contribution is 5.27. The molecule has 0 saturated carbocycles. The molecule has 1 aliphatic rings. The van der Waals surface area contributed by atoms with Crippen molar-refractivity contribution in [3.05, 3.63) is 36.0 Å². The summed E-state index contributed by atoms with van der Waals surface area (Å²) in [4.78, 5) is 4.53. The van der Waals surface area contributed by atoms with Crippen molar-refractivity contribution in [1.82, 2.24) is 5.48 Å². The zero-order chi connectivity index (χ0) is 11.1. The Labute approximate surface area is 89.5 Å². The Bertz CT molecular complexity index is 271. The molecule has 0 radical (unpaired) electrons. The molecule has 0 heterocycles. The number of rotatable bonds is 5. The highest BCUT2D eigenvalue weighted by Gasteiger charge is 2.16. The van der Waals surface area contributed by atoms with E-state index in [4.69, 9.17) is 0 Å².